The van der Waals surface area contributed by atoms with E-state index < -0.39 is 29.5 Å². The van der Waals surface area contributed by atoms with Crippen LogP contribution in [0.3, 0.4) is 0 Å². The summed E-state index contributed by atoms with van der Waals surface area (Å²) in [4.78, 5) is 33.5. The molecule has 1 saturated carbocycles. The second kappa shape index (κ2) is 5.82. The first kappa shape index (κ1) is 14.8. The predicted octanol–water partition coefficient (Wildman–Crippen LogP) is 1.23. The lowest BCUT2D eigenvalue weighted by atomic mass is 10.1. The Bertz CT molecular complexity index is 558. The first-order chi connectivity index (χ1) is 9.94. The standard InChI is InChI=1S/C14H15NO6/c16-11(17)6-10-7-14(10,12(18)19)15-13(20)21-8-9-4-2-1-3-5-9/h1-5,10H,6-8H2,(H,15,20)(H,16,17)(H,18,19)/t10-,14+/m1/s1. The minimum absolute atomic E-state index is 0.0198. The number of carbonyl (C=O) groups excluding carboxylic acids is 1. The topological polar surface area (TPSA) is 113 Å². The molecule has 1 aromatic carbocycles. The fraction of sp³-hybridized carbons (Fsp3) is 0.357. The summed E-state index contributed by atoms with van der Waals surface area (Å²) in [5.74, 6) is -2.95. The number of hydrogen-bond acceptors (Lipinski definition) is 4. The lowest BCUT2D eigenvalue weighted by molar-refractivity contribution is -0.141. The summed E-state index contributed by atoms with van der Waals surface area (Å²) in [6.07, 6.45) is -1.07. The Morgan fingerprint density at radius 2 is 1.90 bits per heavy atom. The van der Waals surface area contributed by atoms with Gasteiger partial charge in [0.15, 0.2) is 0 Å². The number of carboxylic acids is 2. The number of aliphatic carboxylic acids is 2. The first-order valence-electron chi connectivity index (χ1n) is 6.38. The highest BCUT2D eigenvalue weighted by Gasteiger charge is 2.62. The van der Waals surface area contributed by atoms with Gasteiger partial charge in [0.25, 0.3) is 0 Å². The number of amides is 1. The molecule has 0 bridgehead atoms. The van der Waals surface area contributed by atoms with Crippen molar-refractivity contribution in [3.8, 4) is 0 Å². The highest BCUT2D eigenvalue weighted by atomic mass is 16.5. The maximum absolute atomic E-state index is 11.7. The maximum atomic E-state index is 11.7. The molecule has 7 heteroatoms. The molecule has 0 radical (unpaired) electrons. The van der Waals surface area contributed by atoms with E-state index in [1.807, 2.05) is 6.07 Å². The molecule has 112 valence electrons. The van der Waals surface area contributed by atoms with Crippen molar-refractivity contribution in [1.82, 2.24) is 5.32 Å². The first-order valence-corrected chi connectivity index (χ1v) is 6.38. The van der Waals surface area contributed by atoms with Gasteiger partial charge >= 0.3 is 18.0 Å². The van der Waals surface area contributed by atoms with Crippen LogP contribution in [0.25, 0.3) is 0 Å². The van der Waals surface area contributed by atoms with Gasteiger partial charge < -0.3 is 20.3 Å². The molecule has 2 atom stereocenters. The highest BCUT2D eigenvalue weighted by Crippen LogP contribution is 2.46. The Kier molecular flexibility index (Phi) is 4.11. The summed E-state index contributed by atoms with van der Waals surface area (Å²) in [7, 11) is 0. The third-order valence-corrected chi connectivity index (χ3v) is 3.45. The summed E-state index contributed by atoms with van der Waals surface area (Å²) in [5, 5.41) is 20.1. The van der Waals surface area contributed by atoms with Crippen LogP contribution in [0, 0.1) is 5.92 Å². The molecule has 3 N–H and O–H groups in total. The summed E-state index contributed by atoms with van der Waals surface area (Å²) in [6, 6.07) is 8.94. The summed E-state index contributed by atoms with van der Waals surface area (Å²) in [5.41, 5.74) is -0.749. The average Bonchev–Trinajstić information content (AvgIpc) is 3.10. The maximum Gasteiger partial charge on any atom is 0.408 e. The third kappa shape index (κ3) is 3.50. The molecule has 0 aromatic heterocycles. The number of ether oxygens (including phenoxy) is 1. The van der Waals surface area contributed by atoms with Crippen molar-refractivity contribution in [3.05, 3.63) is 35.9 Å². The molecule has 2 rings (SSSR count). The Hall–Kier alpha value is -2.57. The van der Waals surface area contributed by atoms with E-state index in [0.717, 1.165) is 5.56 Å². The van der Waals surface area contributed by atoms with Crippen LogP contribution < -0.4 is 5.32 Å². The van der Waals surface area contributed by atoms with Crippen LogP contribution in [0.15, 0.2) is 30.3 Å². The van der Waals surface area contributed by atoms with Crippen LogP contribution in [-0.2, 0) is 20.9 Å². The monoisotopic (exact) mass is 293 g/mol. The average molecular weight is 293 g/mol. The molecular weight excluding hydrogens is 278 g/mol. The van der Waals surface area contributed by atoms with E-state index in [-0.39, 0.29) is 19.4 Å². The van der Waals surface area contributed by atoms with E-state index in [1.54, 1.807) is 24.3 Å². The van der Waals surface area contributed by atoms with Gasteiger partial charge in [0.2, 0.25) is 0 Å². The molecule has 7 nitrogen and oxygen atoms in total. The van der Waals surface area contributed by atoms with E-state index in [0.29, 0.717) is 0 Å². The third-order valence-electron chi connectivity index (χ3n) is 3.45. The number of carbonyl (C=O) groups is 3. The number of benzene rings is 1. The zero-order valence-electron chi connectivity index (χ0n) is 11.1. The van der Waals surface area contributed by atoms with Crippen LogP contribution in [0.4, 0.5) is 4.79 Å². The number of rotatable bonds is 6. The van der Waals surface area contributed by atoms with Gasteiger partial charge in [-0.2, -0.15) is 0 Å². The molecule has 1 aliphatic carbocycles. The van der Waals surface area contributed by atoms with Gasteiger partial charge in [-0.3, -0.25) is 4.79 Å². The normalized spacial score (nSPS) is 23.1. The lowest BCUT2D eigenvalue weighted by Gasteiger charge is -2.14. The van der Waals surface area contributed by atoms with E-state index >= 15 is 0 Å². The minimum Gasteiger partial charge on any atom is -0.481 e. The SMILES string of the molecule is O=C(O)C[C@@H]1C[C@@]1(NC(=O)OCc1ccccc1)C(=O)O. The molecule has 1 aromatic rings. The molecule has 1 amide bonds. The van der Waals surface area contributed by atoms with Crippen LogP contribution in [0.2, 0.25) is 0 Å². The van der Waals surface area contributed by atoms with Gasteiger partial charge in [-0.1, -0.05) is 30.3 Å². The smallest absolute Gasteiger partial charge is 0.408 e. The number of carboxylic acid groups (broad SMARTS) is 2. The molecule has 0 aliphatic heterocycles. The molecule has 1 aliphatic rings. The minimum atomic E-state index is -1.52. The van der Waals surface area contributed by atoms with Crippen LogP contribution >= 0.6 is 0 Å². The van der Waals surface area contributed by atoms with Gasteiger partial charge in [0.05, 0.1) is 6.42 Å². The fourth-order valence-electron chi connectivity index (χ4n) is 2.20. The van der Waals surface area contributed by atoms with Crippen LogP contribution in [0.5, 0.6) is 0 Å². The number of hydrogen-bond donors (Lipinski definition) is 3. The van der Waals surface area contributed by atoms with Crippen LogP contribution in [0.1, 0.15) is 18.4 Å². The number of nitrogens with one attached hydrogen (secondary N) is 1. The quantitative estimate of drug-likeness (QED) is 0.727. The van der Waals surface area contributed by atoms with Crippen molar-refractivity contribution in [3.63, 3.8) is 0 Å². The summed E-state index contributed by atoms with van der Waals surface area (Å²) in [6.45, 7) is 0.0198. The Balaban J connectivity index is 1.89. The van der Waals surface area contributed by atoms with E-state index in [4.69, 9.17) is 14.9 Å². The van der Waals surface area contributed by atoms with Crippen molar-refractivity contribution in [1.29, 1.82) is 0 Å². The molecule has 0 saturated heterocycles. The molecule has 0 spiro atoms. The predicted molar refractivity (Wildman–Crippen MR) is 70.5 cm³/mol. The Morgan fingerprint density at radius 1 is 1.24 bits per heavy atom. The van der Waals surface area contributed by atoms with Gasteiger partial charge in [0.1, 0.15) is 12.1 Å². The number of alkyl carbamates (subject to hydrolysis) is 1. The van der Waals surface area contributed by atoms with Crippen LogP contribution in [-0.4, -0.2) is 33.8 Å². The van der Waals surface area contributed by atoms with Crippen molar-refractivity contribution in [2.24, 2.45) is 5.92 Å². The Labute approximate surface area is 120 Å². The van der Waals surface area contributed by atoms with Gasteiger partial charge in [-0.15, -0.1) is 0 Å². The molecule has 1 fully saturated rings. The summed E-state index contributed by atoms with van der Waals surface area (Å²) < 4.78 is 4.95. The van der Waals surface area contributed by atoms with E-state index in [9.17, 15) is 14.4 Å². The molecule has 0 unspecified atom stereocenters. The molecule has 21 heavy (non-hydrogen) atoms. The lowest BCUT2D eigenvalue weighted by Crippen LogP contribution is -2.45. The second-order valence-electron chi connectivity index (χ2n) is 4.96. The zero-order chi connectivity index (χ0) is 15.5. The van der Waals surface area contributed by atoms with Crippen molar-refractivity contribution in [2.75, 3.05) is 0 Å². The molecule has 0 heterocycles. The largest absolute Gasteiger partial charge is 0.481 e. The highest BCUT2D eigenvalue weighted by molar-refractivity contribution is 5.89. The van der Waals surface area contributed by atoms with Crippen molar-refractivity contribution in [2.45, 2.75) is 25.0 Å². The van der Waals surface area contributed by atoms with Gasteiger partial charge in [-0.05, 0) is 12.0 Å². The molecular formula is C14H15NO6. The fourth-order valence-corrected chi connectivity index (χ4v) is 2.20. The van der Waals surface area contributed by atoms with E-state index in [2.05, 4.69) is 5.32 Å². The second-order valence-corrected chi connectivity index (χ2v) is 4.96. The summed E-state index contributed by atoms with van der Waals surface area (Å²) >= 11 is 0. The zero-order valence-corrected chi connectivity index (χ0v) is 11.1. The van der Waals surface area contributed by atoms with Gasteiger partial charge in [0, 0.05) is 5.92 Å². The van der Waals surface area contributed by atoms with Crippen molar-refractivity contribution < 1.29 is 29.3 Å². The Morgan fingerprint density at radius 3 is 2.48 bits per heavy atom. The van der Waals surface area contributed by atoms with Gasteiger partial charge in [-0.25, -0.2) is 9.59 Å². The van der Waals surface area contributed by atoms with E-state index in [1.165, 1.54) is 0 Å². The van der Waals surface area contributed by atoms with Crippen molar-refractivity contribution >= 4 is 18.0 Å².